The third-order valence-electron chi connectivity index (χ3n) is 13.0. The van der Waals surface area contributed by atoms with Crippen molar-refractivity contribution in [1.82, 2.24) is 0 Å². The summed E-state index contributed by atoms with van der Waals surface area (Å²) in [5.41, 5.74) is 13.3. The van der Waals surface area contributed by atoms with Crippen LogP contribution in [0.15, 0.2) is 169 Å². The molecule has 8 unspecified atom stereocenters. The first kappa shape index (κ1) is 30.2. The van der Waals surface area contributed by atoms with Crippen LogP contribution in [0.1, 0.15) is 67.6 Å². The molecule has 7 aliphatic carbocycles. The highest BCUT2D eigenvalue weighted by Crippen LogP contribution is 2.61. The largest absolute Gasteiger partial charge is 0.337 e. The second kappa shape index (κ2) is 12.6. The van der Waals surface area contributed by atoms with E-state index in [1.54, 1.807) is 16.7 Å². The molecule has 0 bridgehead atoms. The highest BCUT2D eigenvalue weighted by Gasteiger charge is 2.53. The van der Waals surface area contributed by atoms with E-state index in [1.165, 1.54) is 46.5 Å². The predicted molar refractivity (Wildman–Crippen MR) is 210 cm³/mol. The van der Waals surface area contributed by atoms with Crippen LogP contribution in [-0.2, 0) is 0 Å². The summed E-state index contributed by atoms with van der Waals surface area (Å²) in [5, 5.41) is 0. The van der Waals surface area contributed by atoms with Crippen molar-refractivity contribution in [2.24, 2.45) is 35.5 Å². The molecule has 0 N–H and O–H groups in total. The molecule has 0 saturated heterocycles. The first-order valence-electron chi connectivity index (χ1n) is 19.4. The standard InChI is InChI=1S/C49H47N/c1-4-13-33(14-5-1)36-23-26-40(27-24-36)50-45-22-11-10-21-42(45)49-46(50)30-29-43-47(39-20-12-19-37(31-39)34-15-6-2-7-16-34)41-28-25-38(32-44(41)48(43)49)35-17-8-3-9-18-35/h2-4,6-10,12-15,17,19-21,23-31,34-35,38,42-45,48H,1,5,11,16,18,22,32H2. The zero-order valence-corrected chi connectivity index (χ0v) is 28.9. The molecule has 2 aromatic carbocycles. The van der Waals surface area contributed by atoms with Gasteiger partial charge in [-0.1, -0.05) is 134 Å². The van der Waals surface area contributed by atoms with Crippen LogP contribution >= 0.6 is 0 Å². The van der Waals surface area contributed by atoms with Gasteiger partial charge in [0.2, 0.25) is 0 Å². The SMILES string of the molecule is C1=CCC(c2cccc(C3=C4C=CC(C5C=CC=CC5)CC4C4C5=C(C=CC34)N(c3ccc(C4=CCCC=C4)cc3)C3CCC=CC53)c2)C=C1. The number of benzene rings is 2. The molecule has 1 aliphatic heterocycles. The van der Waals surface area contributed by atoms with Gasteiger partial charge in [-0.25, -0.2) is 0 Å². The second-order valence-electron chi connectivity index (χ2n) is 15.6. The lowest BCUT2D eigenvalue weighted by molar-refractivity contribution is 0.302. The molecular weight excluding hydrogens is 603 g/mol. The molecule has 248 valence electrons. The van der Waals surface area contributed by atoms with E-state index in [4.69, 9.17) is 0 Å². The Bertz CT molecular complexity index is 2030. The van der Waals surface area contributed by atoms with Gasteiger partial charge >= 0.3 is 0 Å². The van der Waals surface area contributed by atoms with Gasteiger partial charge in [0.15, 0.2) is 0 Å². The molecule has 0 saturated carbocycles. The van der Waals surface area contributed by atoms with E-state index in [1.807, 2.05) is 0 Å². The van der Waals surface area contributed by atoms with Crippen molar-refractivity contribution < 1.29 is 0 Å². The molecule has 0 amide bonds. The van der Waals surface area contributed by atoms with Crippen LogP contribution in [-0.4, -0.2) is 6.04 Å². The summed E-state index contributed by atoms with van der Waals surface area (Å²) < 4.78 is 0. The molecule has 8 atom stereocenters. The summed E-state index contributed by atoms with van der Waals surface area (Å²) in [6.07, 6.45) is 49.0. The van der Waals surface area contributed by atoms with Gasteiger partial charge < -0.3 is 4.90 Å². The van der Waals surface area contributed by atoms with E-state index >= 15 is 0 Å². The molecule has 8 aliphatic rings. The molecule has 50 heavy (non-hydrogen) atoms. The first-order chi connectivity index (χ1) is 24.8. The fraction of sp³-hybridized carbons (Fsp3) is 0.306. The molecule has 0 spiro atoms. The Morgan fingerprint density at radius 3 is 2.36 bits per heavy atom. The van der Waals surface area contributed by atoms with Gasteiger partial charge in [0.1, 0.15) is 0 Å². The third kappa shape index (κ3) is 5.04. The number of nitrogens with zero attached hydrogens (tertiary/aromatic N) is 1. The molecule has 0 aromatic heterocycles. The minimum atomic E-state index is 0.402. The highest BCUT2D eigenvalue weighted by molar-refractivity contribution is 5.81. The van der Waals surface area contributed by atoms with Crippen LogP contribution < -0.4 is 4.90 Å². The highest BCUT2D eigenvalue weighted by atomic mass is 15.2. The molecular formula is C49H47N. The maximum Gasteiger partial charge on any atom is 0.0446 e. The van der Waals surface area contributed by atoms with Gasteiger partial charge in [0.25, 0.3) is 0 Å². The molecule has 10 rings (SSSR count). The lowest BCUT2D eigenvalue weighted by Gasteiger charge is -2.37. The minimum Gasteiger partial charge on any atom is -0.337 e. The smallest absolute Gasteiger partial charge is 0.0446 e. The van der Waals surface area contributed by atoms with E-state index in [0.29, 0.717) is 47.5 Å². The normalized spacial score (nSPS) is 33.1. The molecule has 1 heterocycles. The number of hydrogen-bond acceptors (Lipinski definition) is 1. The van der Waals surface area contributed by atoms with Crippen molar-refractivity contribution >= 4 is 16.8 Å². The van der Waals surface area contributed by atoms with Gasteiger partial charge in [-0.05, 0) is 120 Å². The van der Waals surface area contributed by atoms with Gasteiger partial charge in [-0.15, -0.1) is 0 Å². The van der Waals surface area contributed by atoms with Crippen molar-refractivity contribution in [3.8, 4) is 0 Å². The summed E-state index contributed by atoms with van der Waals surface area (Å²) in [6, 6.07) is 19.6. The number of hydrogen-bond donors (Lipinski definition) is 0. The lowest BCUT2D eigenvalue weighted by atomic mass is 9.66. The quantitative estimate of drug-likeness (QED) is 0.291. The minimum absolute atomic E-state index is 0.402. The Morgan fingerprint density at radius 2 is 1.54 bits per heavy atom. The van der Waals surface area contributed by atoms with Crippen molar-refractivity contribution in [3.63, 3.8) is 0 Å². The zero-order valence-electron chi connectivity index (χ0n) is 28.9. The van der Waals surface area contributed by atoms with E-state index < -0.39 is 0 Å². The van der Waals surface area contributed by atoms with E-state index in [0.717, 1.165) is 32.1 Å². The van der Waals surface area contributed by atoms with Crippen LogP contribution in [0.4, 0.5) is 5.69 Å². The molecule has 0 radical (unpaired) electrons. The molecule has 1 heteroatoms. The van der Waals surface area contributed by atoms with E-state index in [-0.39, 0.29) is 0 Å². The molecule has 2 aromatic rings. The van der Waals surface area contributed by atoms with Gasteiger partial charge in [0, 0.05) is 41.1 Å². The number of anilines is 1. The lowest BCUT2D eigenvalue weighted by Crippen LogP contribution is -2.35. The average Bonchev–Trinajstić information content (AvgIpc) is 3.71. The van der Waals surface area contributed by atoms with Crippen LogP contribution in [0.3, 0.4) is 0 Å². The zero-order chi connectivity index (χ0) is 33.0. The molecule has 0 fully saturated rings. The molecule has 1 nitrogen and oxygen atoms in total. The van der Waals surface area contributed by atoms with Gasteiger partial charge in [-0.3, -0.25) is 0 Å². The van der Waals surface area contributed by atoms with E-state index in [9.17, 15) is 0 Å². The average molecular weight is 650 g/mol. The summed E-state index contributed by atoms with van der Waals surface area (Å²) in [6.45, 7) is 0. The summed E-state index contributed by atoms with van der Waals surface area (Å²) >= 11 is 0. The van der Waals surface area contributed by atoms with Crippen LogP contribution in [0, 0.1) is 35.5 Å². The Balaban J connectivity index is 1.07. The number of allylic oxidation sites excluding steroid dienone is 19. The van der Waals surface area contributed by atoms with Gasteiger partial charge in [0.05, 0.1) is 0 Å². The Kier molecular flexibility index (Phi) is 7.62. The monoisotopic (exact) mass is 649 g/mol. The van der Waals surface area contributed by atoms with Crippen molar-refractivity contribution in [1.29, 1.82) is 0 Å². The Morgan fingerprint density at radius 1 is 0.640 bits per heavy atom. The van der Waals surface area contributed by atoms with Crippen molar-refractivity contribution in [3.05, 3.63) is 185 Å². The summed E-state index contributed by atoms with van der Waals surface area (Å²) in [7, 11) is 0. The van der Waals surface area contributed by atoms with Crippen molar-refractivity contribution in [2.45, 2.75) is 56.9 Å². The topological polar surface area (TPSA) is 3.24 Å². The summed E-state index contributed by atoms with van der Waals surface area (Å²) in [4.78, 5) is 2.75. The Labute approximate surface area is 298 Å². The second-order valence-corrected chi connectivity index (χ2v) is 15.6. The predicted octanol–water partition coefficient (Wildman–Crippen LogP) is 12.0. The summed E-state index contributed by atoms with van der Waals surface area (Å²) in [5.74, 6) is 3.53. The number of rotatable bonds is 5. The number of fused-ring (bicyclic) bond motifs is 6. The maximum atomic E-state index is 2.75. The van der Waals surface area contributed by atoms with Gasteiger partial charge in [-0.2, -0.15) is 0 Å². The fourth-order valence-electron chi connectivity index (χ4n) is 10.7. The fourth-order valence-corrected chi connectivity index (χ4v) is 10.7. The van der Waals surface area contributed by atoms with Crippen LogP contribution in [0.25, 0.3) is 11.1 Å². The van der Waals surface area contributed by atoms with E-state index in [2.05, 4.69) is 157 Å². The maximum absolute atomic E-state index is 2.75. The van der Waals surface area contributed by atoms with Crippen molar-refractivity contribution in [2.75, 3.05) is 4.90 Å². The first-order valence-corrected chi connectivity index (χ1v) is 19.4. The third-order valence-corrected chi connectivity index (χ3v) is 13.0. The van der Waals surface area contributed by atoms with Crippen LogP contribution in [0.5, 0.6) is 0 Å². The Hall–Kier alpha value is -4.62. The van der Waals surface area contributed by atoms with Crippen LogP contribution in [0.2, 0.25) is 0 Å².